The van der Waals surface area contributed by atoms with Gasteiger partial charge in [-0.05, 0) is 80.6 Å². The van der Waals surface area contributed by atoms with E-state index in [1.54, 1.807) is 0 Å². The van der Waals surface area contributed by atoms with Gasteiger partial charge in [0.2, 0.25) is 0 Å². The maximum Gasteiger partial charge on any atom is 0.0745 e. The molecule has 32 heteroatoms. The van der Waals surface area contributed by atoms with E-state index in [1.807, 2.05) is 0 Å². The molecule has 0 amide bonds. The van der Waals surface area contributed by atoms with Crippen molar-refractivity contribution in [1.82, 2.24) is 0 Å². The van der Waals surface area contributed by atoms with Gasteiger partial charge in [-0.15, -0.1) is 0 Å². The molecule has 0 spiro atoms. The van der Waals surface area contributed by atoms with Crippen LogP contribution in [0.3, 0.4) is 0 Å². The fourth-order valence-electron chi connectivity index (χ4n) is 0.346. The lowest BCUT2D eigenvalue weighted by Crippen LogP contribution is -2.06. The van der Waals surface area contributed by atoms with Crippen LogP contribution in [-0.2, 0) is 156 Å². The van der Waals surface area contributed by atoms with Gasteiger partial charge in [0.25, 0.3) is 0 Å². The quantitative estimate of drug-likeness (QED) is 0.0601. The summed E-state index contributed by atoms with van der Waals surface area (Å²) in [6.45, 7) is 0. The Morgan fingerprint density at radius 3 is 0.545 bits per heavy atom. The molecule has 0 aliphatic heterocycles. The van der Waals surface area contributed by atoms with Crippen LogP contribution in [0.25, 0.3) is 0 Å². The minimum absolute atomic E-state index is 1.08. The topological polar surface area (TPSA) is 306 Å². The Balaban J connectivity index is 2.99. The summed E-state index contributed by atoms with van der Waals surface area (Å²) < 4.78 is 0. The summed E-state index contributed by atoms with van der Waals surface area (Å²) in [7, 11) is 1.08. The molecule has 0 radical (unpaired) electrons. The zero-order valence-corrected chi connectivity index (χ0v) is 14.1. The van der Waals surface area contributed by atoms with Gasteiger partial charge in [0, 0.05) is 70.5 Å². The van der Waals surface area contributed by atoms with E-state index < -0.39 is 0 Å². The summed E-state index contributed by atoms with van der Waals surface area (Å²) in [5.41, 5.74) is 0. The minimum Gasteiger partial charge on any atom is -0.219 e. The number of hydrogen-bond donors (Lipinski definition) is 1. The van der Waals surface area contributed by atoms with Crippen molar-refractivity contribution in [2.75, 3.05) is 7.11 Å². The zero-order valence-electron chi connectivity index (χ0n) is 14.1. The first-order chi connectivity index (χ1) is 16.4. The highest BCUT2D eigenvalue weighted by Gasteiger charge is 2.02. The molecule has 0 aromatic heterocycles. The second-order valence-electron chi connectivity index (χ2n) is 2.21. The van der Waals surface area contributed by atoms with E-state index in [-0.39, 0.29) is 0 Å². The van der Waals surface area contributed by atoms with E-state index in [9.17, 15) is 0 Å². The average Bonchev–Trinajstić information content (AvgIpc) is 2.83. The molecular formula is CH4O32. The standard InChI is InChI=1S/CH4O32/c1-3-5-7-9-11-13-15-17-19-21-23-25-27-29-31-33-32-30-28-26-24-22-20-18-16-14-12-10-8-6-4-2/h2H,1H3. The van der Waals surface area contributed by atoms with Gasteiger partial charge < -0.3 is 0 Å². The summed E-state index contributed by atoms with van der Waals surface area (Å²) in [5.74, 6) is 0. The molecule has 0 unspecified atom stereocenters. The van der Waals surface area contributed by atoms with Crippen LogP contribution < -0.4 is 0 Å². The van der Waals surface area contributed by atoms with Crippen LogP contribution in [0.15, 0.2) is 0 Å². The normalized spacial score (nSPS) is 11.5. The van der Waals surface area contributed by atoms with Crippen LogP contribution in [0, 0.1) is 0 Å². The molecule has 200 valence electrons. The van der Waals surface area contributed by atoms with Crippen molar-refractivity contribution in [3.05, 3.63) is 0 Å². The molecule has 0 atom stereocenters. The first-order valence-corrected chi connectivity index (χ1v) is 5.59. The Morgan fingerprint density at radius 2 is 0.394 bits per heavy atom. The van der Waals surface area contributed by atoms with Gasteiger partial charge in [0.15, 0.2) is 0 Å². The van der Waals surface area contributed by atoms with Crippen LogP contribution in [0.1, 0.15) is 0 Å². The fourth-order valence-corrected chi connectivity index (χ4v) is 0.346. The van der Waals surface area contributed by atoms with Crippen LogP contribution >= 0.6 is 0 Å². The van der Waals surface area contributed by atoms with E-state index in [0.29, 0.717) is 0 Å². The molecule has 0 aliphatic rings. The molecule has 0 saturated carbocycles. The summed E-state index contributed by atoms with van der Waals surface area (Å²) in [6, 6.07) is 0. The predicted octanol–water partition coefficient (Wildman–Crippen LogP) is -1.95. The molecule has 0 saturated heterocycles. The second kappa shape index (κ2) is 30.7. The predicted molar refractivity (Wildman–Crippen MR) is 42.2 cm³/mol. The lowest BCUT2D eigenvalue weighted by molar-refractivity contribution is -0.905. The van der Waals surface area contributed by atoms with Crippen molar-refractivity contribution in [2.24, 2.45) is 0 Å². The van der Waals surface area contributed by atoms with Crippen LogP contribution in [0.2, 0.25) is 0 Å². The second-order valence-corrected chi connectivity index (χ2v) is 2.21. The van der Waals surface area contributed by atoms with E-state index in [1.165, 1.54) is 0 Å². The minimum atomic E-state index is 1.08. The largest absolute Gasteiger partial charge is 0.219 e. The summed E-state index contributed by atoms with van der Waals surface area (Å²) in [5, 5.41) is 112. The summed E-state index contributed by atoms with van der Waals surface area (Å²) in [6.07, 6.45) is 0. The van der Waals surface area contributed by atoms with Crippen LogP contribution in [0.4, 0.5) is 0 Å². The van der Waals surface area contributed by atoms with Crippen molar-refractivity contribution in [1.29, 1.82) is 0 Å². The van der Waals surface area contributed by atoms with Crippen LogP contribution in [-0.4, -0.2) is 12.4 Å². The lowest BCUT2D eigenvalue weighted by Gasteiger charge is -1.99. The van der Waals surface area contributed by atoms with Gasteiger partial charge in [-0.3, -0.25) is 0 Å². The third-order valence-electron chi connectivity index (χ3n) is 0.876. The Bertz CT molecular complexity index is 284. The van der Waals surface area contributed by atoms with Crippen LogP contribution in [0.5, 0.6) is 0 Å². The average molecular weight is 528 g/mol. The molecule has 0 aromatic rings. The molecule has 33 heavy (non-hydrogen) atoms. The monoisotopic (exact) mass is 528 g/mol. The smallest absolute Gasteiger partial charge is 0.0745 e. The molecular weight excluding hydrogens is 524 g/mol. The first kappa shape index (κ1) is 31.7. The molecule has 0 rings (SSSR count). The molecule has 1 N–H and O–H groups in total. The molecule has 0 aliphatic carbocycles. The van der Waals surface area contributed by atoms with Crippen molar-refractivity contribution in [2.45, 2.75) is 0 Å². The molecule has 0 fully saturated rings. The van der Waals surface area contributed by atoms with Crippen molar-refractivity contribution >= 4 is 0 Å². The van der Waals surface area contributed by atoms with Crippen molar-refractivity contribution in [3.63, 3.8) is 0 Å². The molecule has 32 nitrogen and oxygen atoms in total. The molecule has 0 heterocycles. The Hall–Kier alpha value is -1.28. The van der Waals surface area contributed by atoms with E-state index in [0.717, 1.165) is 7.11 Å². The molecule has 0 bridgehead atoms. The van der Waals surface area contributed by atoms with Gasteiger partial charge in [0.1, 0.15) is 0 Å². The molecule has 0 aromatic carbocycles. The lowest BCUT2D eigenvalue weighted by atomic mass is 11.8. The fraction of sp³-hybridized carbons (Fsp3) is 1.00. The SMILES string of the molecule is COOOOOOOOOOOOOOOOOOOOOOOOOOOOOOOO. The zero-order chi connectivity index (χ0) is 23.9. The third-order valence-corrected chi connectivity index (χ3v) is 0.876. The van der Waals surface area contributed by atoms with Crippen molar-refractivity contribution < 1.29 is 161 Å². The van der Waals surface area contributed by atoms with Gasteiger partial charge in [-0.2, -0.15) is 0 Å². The maximum absolute atomic E-state index is 7.54. The summed E-state index contributed by atoms with van der Waals surface area (Å²) >= 11 is 0. The van der Waals surface area contributed by atoms with Gasteiger partial charge in [-0.1, -0.05) is 0 Å². The van der Waals surface area contributed by atoms with Gasteiger partial charge >= 0.3 is 0 Å². The maximum atomic E-state index is 7.54. The number of hydrogen-bond acceptors (Lipinski definition) is 32. The highest BCUT2D eigenvalue weighted by molar-refractivity contribution is 3.35. The van der Waals surface area contributed by atoms with E-state index in [2.05, 4.69) is 156 Å². The summed E-state index contributed by atoms with van der Waals surface area (Å²) in [4.78, 5) is 3.87. The Kier molecular flexibility index (Phi) is 29.5. The Labute approximate surface area is 170 Å². The van der Waals surface area contributed by atoms with Gasteiger partial charge in [-0.25, -0.2) is 10.1 Å². The van der Waals surface area contributed by atoms with E-state index in [4.69, 9.17) is 5.26 Å². The van der Waals surface area contributed by atoms with Crippen molar-refractivity contribution in [3.8, 4) is 0 Å². The first-order valence-electron chi connectivity index (χ1n) is 5.59. The Morgan fingerprint density at radius 1 is 0.242 bits per heavy atom. The van der Waals surface area contributed by atoms with E-state index >= 15 is 0 Å². The third kappa shape index (κ3) is 30.7. The number of rotatable bonds is 30. The highest BCUT2D eigenvalue weighted by atomic mass is 18.0. The van der Waals surface area contributed by atoms with Gasteiger partial charge in [0.05, 0.1) is 7.11 Å². The highest BCUT2D eigenvalue weighted by Crippen LogP contribution is 1.95.